The van der Waals surface area contributed by atoms with E-state index in [1.807, 2.05) is 66.4 Å². The normalized spacial score (nSPS) is 19.8. The molecule has 0 aromatic heterocycles. The molecule has 3 aromatic carbocycles. The number of benzene rings is 3. The lowest BCUT2D eigenvalue weighted by atomic mass is 10.1. The predicted octanol–water partition coefficient (Wildman–Crippen LogP) is 4.14. The summed E-state index contributed by atoms with van der Waals surface area (Å²) in [5, 5.41) is 13.7. The van der Waals surface area contributed by atoms with Crippen LogP contribution in [0.15, 0.2) is 95.4 Å². The van der Waals surface area contributed by atoms with Crippen LogP contribution in [-0.4, -0.2) is 57.0 Å². The van der Waals surface area contributed by atoms with Gasteiger partial charge in [0.2, 0.25) is 5.96 Å². The van der Waals surface area contributed by atoms with Gasteiger partial charge in [0.05, 0.1) is 17.6 Å². The average Bonchev–Trinajstić information content (AvgIpc) is 3.52. The standard InChI is InChI=1S/C31H28ClN5O2/c1-2-35-30(39)28-29(37-20-24(33-31(35)37)17-22-11-7-4-8-12-22)34-27(16-14-21-9-5-3-6-10-21)36(28)19-23-13-15-26(38)25(32)18-23/h3-13,15,18,24,27,34,38H,2,17,19-20H2,1H3/t24-,27?/m1/s1. The summed E-state index contributed by atoms with van der Waals surface area (Å²) in [6, 6.07) is 25.2. The maximum atomic E-state index is 14.0. The monoisotopic (exact) mass is 537 g/mol. The Hall–Kier alpha value is -4.41. The van der Waals surface area contributed by atoms with Gasteiger partial charge in [-0.2, -0.15) is 0 Å². The second-order valence-corrected chi connectivity index (χ2v) is 10.1. The van der Waals surface area contributed by atoms with Gasteiger partial charge in [-0.1, -0.05) is 78.0 Å². The van der Waals surface area contributed by atoms with E-state index in [4.69, 9.17) is 16.6 Å². The number of hydrogen-bond donors (Lipinski definition) is 2. The van der Waals surface area contributed by atoms with Crippen molar-refractivity contribution in [3.05, 3.63) is 112 Å². The molecule has 1 amide bonds. The first kappa shape index (κ1) is 24.9. The van der Waals surface area contributed by atoms with Gasteiger partial charge in [-0.05, 0) is 48.7 Å². The molecule has 0 saturated carbocycles. The lowest BCUT2D eigenvalue weighted by Gasteiger charge is -2.35. The van der Waals surface area contributed by atoms with Gasteiger partial charge in [0.15, 0.2) is 6.17 Å². The zero-order valence-corrected chi connectivity index (χ0v) is 22.3. The van der Waals surface area contributed by atoms with E-state index >= 15 is 0 Å². The van der Waals surface area contributed by atoms with Crippen LogP contribution in [0.2, 0.25) is 5.02 Å². The van der Waals surface area contributed by atoms with Crippen LogP contribution in [0, 0.1) is 11.8 Å². The molecular weight excluding hydrogens is 510 g/mol. The number of halogens is 1. The van der Waals surface area contributed by atoms with E-state index in [1.165, 1.54) is 5.56 Å². The Morgan fingerprint density at radius 2 is 1.79 bits per heavy atom. The van der Waals surface area contributed by atoms with Crippen molar-refractivity contribution in [3.63, 3.8) is 0 Å². The maximum Gasteiger partial charge on any atom is 0.280 e. The largest absolute Gasteiger partial charge is 0.506 e. The molecular formula is C31H28ClN5O2. The molecule has 0 bridgehead atoms. The summed E-state index contributed by atoms with van der Waals surface area (Å²) in [6.07, 6.45) is 0.347. The van der Waals surface area contributed by atoms with Crippen molar-refractivity contribution in [3.8, 4) is 17.6 Å². The minimum Gasteiger partial charge on any atom is -0.506 e. The second-order valence-electron chi connectivity index (χ2n) is 9.73. The van der Waals surface area contributed by atoms with Crippen LogP contribution in [0.3, 0.4) is 0 Å². The van der Waals surface area contributed by atoms with Crippen LogP contribution in [0.5, 0.6) is 5.75 Å². The van der Waals surface area contributed by atoms with Crippen molar-refractivity contribution in [2.24, 2.45) is 4.99 Å². The van der Waals surface area contributed by atoms with E-state index in [9.17, 15) is 9.90 Å². The molecule has 1 unspecified atom stereocenters. The minimum atomic E-state index is -0.446. The van der Waals surface area contributed by atoms with E-state index in [0.29, 0.717) is 31.3 Å². The van der Waals surface area contributed by atoms with Gasteiger partial charge in [0.25, 0.3) is 5.91 Å². The minimum absolute atomic E-state index is 0.0218. The summed E-state index contributed by atoms with van der Waals surface area (Å²) >= 11 is 6.22. The molecule has 0 aliphatic carbocycles. The number of aromatic hydroxyl groups is 1. The highest BCUT2D eigenvalue weighted by Crippen LogP contribution is 2.35. The average molecular weight is 538 g/mol. The molecule has 7 nitrogen and oxygen atoms in total. The van der Waals surface area contributed by atoms with Crippen molar-refractivity contribution < 1.29 is 9.90 Å². The quantitative estimate of drug-likeness (QED) is 0.479. The smallest absolute Gasteiger partial charge is 0.280 e. The van der Waals surface area contributed by atoms with Gasteiger partial charge in [0.1, 0.15) is 17.3 Å². The topological polar surface area (TPSA) is 71.4 Å². The Balaban J connectivity index is 1.37. The number of likely N-dealkylation sites (N-methyl/N-ethyl adjacent to an activating group) is 1. The second kappa shape index (κ2) is 10.4. The molecule has 3 aliphatic heterocycles. The molecule has 0 radical (unpaired) electrons. The highest BCUT2D eigenvalue weighted by Gasteiger charge is 2.48. The zero-order valence-electron chi connectivity index (χ0n) is 21.5. The third-order valence-electron chi connectivity index (χ3n) is 7.11. The summed E-state index contributed by atoms with van der Waals surface area (Å²) in [5.74, 6) is 7.92. The number of fused-ring (bicyclic) bond motifs is 2. The van der Waals surface area contributed by atoms with Crippen molar-refractivity contribution >= 4 is 23.5 Å². The SMILES string of the molecule is CCN1C(=O)C2=C(NC(C#Cc3ccccc3)N2Cc2ccc(O)c(Cl)c2)N2C[C@@H](Cc3ccccc3)N=C12. The zero-order chi connectivity index (χ0) is 26.9. The van der Waals surface area contributed by atoms with Crippen molar-refractivity contribution in [1.82, 2.24) is 20.0 Å². The molecule has 196 valence electrons. The van der Waals surface area contributed by atoms with Gasteiger partial charge in [-0.3, -0.25) is 14.6 Å². The number of guanidine groups is 1. The van der Waals surface area contributed by atoms with Crippen LogP contribution in [-0.2, 0) is 17.8 Å². The van der Waals surface area contributed by atoms with E-state index in [2.05, 4.69) is 34.2 Å². The highest BCUT2D eigenvalue weighted by molar-refractivity contribution is 6.32. The Labute approximate surface area is 233 Å². The fourth-order valence-electron chi connectivity index (χ4n) is 5.25. The lowest BCUT2D eigenvalue weighted by Crippen LogP contribution is -2.52. The van der Waals surface area contributed by atoms with Gasteiger partial charge in [-0.15, -0.1) is 0 Å². The molecule has 6 rings (SSSR count). The number of carbonyl (C=O) groups is 1. The molecule has 3 heterocycles. The van der Waals surface area contributed by atoms with Crippen LogP contribution >= 0.6 is 11.6 Å². The first-order valence-electron chi connectivity index (χ1n) is 13.0. The number of hydrogen-bond acceptors (Lipinski definition) is 6. The third kappa shape index (κ3) is 4.80. The number of nitrogens with zero attached hydrogens (tertiary/aromatic N) is 4. The molecule has 0 saturated heterocycles. The molecule has 2 N–H and O–H groups in total. The van der Waals surface area contributed by atoms with E-state index in [0.717, 1.165) is 23.4 Å². The van der Waals surface area contributed by atoms with Gasteiger partial charge in [-0.25, -0.2) is 4.99 Å². The van der Waals surface area contributed by atoms with Crippen molar-refractivity contribution in [2.75, 3.05) is 13.1 Å². The molecule has 2 atom stereocenters. The third-order valence-corrected chi connectivity index (χ3v) is 7.41. The number of aliphatic imine (C=N–C) groups is 1. The number of phenols is 1. The van der Waals surface area contributed by atoms with Crippen LogP contribution < -0.4 is 5.32 Å². The predicted molar refractivity (Wildman–Crippen MR) is 151 cm³/mol. The van der Waals surface area contributed by atoms with E-state index in [-0.39, 0.29) is 22.7 Å². The molecule has 3 aliphatic rings. The Morgan fingerprint density at radius 1 is 1.05 bits per heavy atom. The fraction of sp³-hybridized carbons (Fsp3) is 0.226. The molecule has 0 fully saturated rings. The number of phenolic OH excluding ortho intramolecular Hbond substituents is 1. The number of amides is 1. The number of carbonyl (C=O) groups excluding carboxylic acids is 1. The van der Waals surface area contributed by atoms with Crippen LogP contribution in [0.4, 0.5) is 0 Å². The number of rotatable bonds is 5. The summed E-state index contributed by atoms with van der Waals surface area (Å²) in [6.45, 7) is 3.52. The summed E-state index contributed by atoms with van der Waals surface area (Å²) in [4.78, 5) is 24.8. The van der Waals surface area contributed by atoms with Crippen LogP contribution in [0.25, 0.3) is 0 Å². The lowest BCUT2D eigenvalue weighted by molar-refractivity contribution is -0.126. The van der Waals surface area contributed by atoms with Gasteiger partial charge >= 0.3 is 0 Å². The first-order chi connectivity index (χ1) is 19.0. The van der Waals surface area contributed by atoms with Crippen LogP contribution in [0.1, 0.15) is 23.6 Å². The summed E-state index contributed by atoms with van der Waals surface area (Å²) < 4.78 is 0. The van der Waals surface area contributed by atoms with Gasteiger partial charge < -0.3 is 15.3 Å². The summed E-state index contributed by atoms with van der Waals surface area (Å²) in [5.41, 5.74) is 3.53. The Kier molecular flexibility index (Phi) is 6.64. The molecule has 0 spiro atoms. The van der Waals surface area contributed by atoms with Gasteiger partial charge in [0, 0.05) is 18.7 Å². The Morgan fingerprint density at radius 3 is 2.51 bits per heavy atom. The molecule has 39 heavy (non-hydrogen) atoms. The van der Waals surface area contributed by atoms with Crippen molar-refractivity contribution in [1.29, 1.82) is 0 Å². The molecule has 3 aromatic rings. The molecule has 8 heteroatoms. The summed E-state index contributed by atoms with van der Waals surface area (Å²) in [7, 11) is 0. The Bertz CT molecular complexity index is 1530. The number of nitrogens with one attached hydrogen (secondary N) is 1. The highest BCUT2D eigenvalue weighted by atomic mass is 35.5. The van der Waals surface area contributed by atoms with Crippen molar-refractivity contribution in [2.45, 2.75) is 32.1 Å². The van der Waals surface area contributed by atoms with E-state index < -0.39 is 6.17 Å². The first-order valence-corrected chi connectivity index (χ1v) is 13.4. The fourth-order valence-corrected chi connectivity index (χ4v) is 5.45. The van der Waals surface area contributed by atoms with E-state index in [1.54, 1.807) is 17.0 Å². The maximum absolute atomic E-state index is 14.0.